The number of benzene rings is 1. The van der Waals surface area contributed by atoms with Crippen LogP contribution in [0.15, 0.2) is 23.1 Å². The van der Waals surface area contributed by atoms with Gasteiger partial charge in [-0.3, -0.25) is 0 Å². The summed E-state index contributed by atoms with van der Waals surface area (Å²) in [5.74, 6) is 0. The van der Waals surface area contributed by atoms with Crippen LogP contribution in [0.5, 0.6) is 0 Å². The number of nitriles is 1. The quantitative estimate of drug-likeness (QED) is 0.729. The van der Waals surface area contributed by atoms with E-state index in [1.165, 1.54) is 6.07 Å². The number of hydrogen-bond acceptors (Lipinski definition) is 3. The van der Waals surface area contributed by atoms with Gasteiger partial charge in [-0.15, -0.1) is 0 Å². The first-order valence-corrected chi connectivity index (χ1v) is 6.17. The highest BCUT2D eigenvalue weighted by molar-refractivity contribution is 8.13. The highest BCUT2D eigenvalue weighted by Gasteiger charge is 2.15. The van der Waals surface area contributed by atoms with Crippen molar-refractivity contribution in [3.8, 4) is 6.07 Å². The molecule has 74 valence electrons. The summed E-state index contributed by atoms with van der Waals surface area (Å²) in [7, 11) is 1.48. The largest absolute Gasteiger partial charge is 0.261 e. The van der Waals surface area contributed by atoms with E-state index in [9.17, 15) is 8.42 Å². The highest BCUT2D eigenvalue weighted by Crippen LogP contribution is 2.21. The van der Waals surface area contributed by atoms with E-state index in [0.717, 1.165) is 5.56 Å². The minimum Gasteiger partial charge on any atom is -0.207 e. The molecule has 0 atom stereocenters. The third-order valence-corrected chi connectivity index (χ3v) is 3.16. The van der Waals surface area contributed by atoms with Gasteiger partial charge in [-0.2, -0.15) is 5.26 Å². The average Bonchev–Trinajstić information content (AvgIpc) is 2.07. The molecule has 0 aliphatic heterocycles. The zero-order valence-electron chi connectivity index (χ0n) is 7.49. The van der Waals surface area contributed by atoms with Gasteiger partial charge >= 0.3 is 0 Å². The van der Waals surface area contributed by atoms with Gasteiger partial charge in [-0.25, -0.2) is 8.42 Å². The van der Waals surface area contributed by atoms with Crippen molar-refractivity contribution in [2.75, 3.05) is 0 Å². The second kappa shape index (κ2) is 3.99. The fourth-order valence-corrected chi connectivity index (χ4v) is 2.33. The first-order chi connectivity index (χ1) is 6.45. The van der Waals surface area contributed by atoms with E-state index in [1.54, 1.807) is 19.1 Å². The van der Waals surface area contributed by atoms with Gasteiger partial charge in [0.1, 0.15) is 0 Å². The molecular formula is C9H8ClNO2S. The third kappa shape index (κ3) is 2.47. The molecule has 0 bridgehead atoms. The topological polar surface area (TPSA) is 57.9 Å². The van der Waals surface area contributed by atoms with Crippen molar-refractivity contribution in [1.82, 2.24) is 0 Å². The first kappa shape index (κ1) is 11.0. The van der Waals surface area contributed by atoms with Crippen LogP contribution >= 0.6 is 10.7 Å². The van der Waals surface area contributed by atoms with Gasteiger partial charge in [-0.05, 0) is 24.1 Å². The Hall–Kier alpha value is -1.05. The second-order valence-electron chi connectivity index (χ2n) is 2.88. The molecule has 0 aliphatic carbocycles. The molecule has 0 unspecified atom stereocenters. The number of rotatable bonds is 2. The lowest BCUT2D eigenvalue weighted by atomic mass is 10.1. The molecule has 0 saturated carbocycles. The van der Waals surface area contributed by atoms with E-state index in [-0.39, 0.29) is 11.3 Å². The predicted octanol–water partition coefficient (Wildman–Crippen LogP) is 1.99. The highest BCUT2D eigenvalue weighted by atomic mass is 35.7. The molecule has 1 rings (SSSR count). The minimum absolute atomic E-state index is 0.0284. The molecule has 0 fully saturated rings. The molecule has 0 spiro atoms. The van der Waals surface area contributed by atoms with Gasteiger partial charge in [0.15, 0.2) is 0 Å². The zero-order chi connectivity index (χ0) is 10.8. The smallest absolute Gasteiger partial charge is 0.207 e. The molecule has 0 radical (unpaired) electrons. The molecule has 5 heteroatoms. The summed E-state index contributed by atoms with van der Waals surface area (Å²) in [5.41, 5.74) is 1.24. The molecular weight excluding hydrogens is 222 g/mol. The summed E-state index contributed by atoms with van der Waals surface area (Å²) in [4.78, 5) is 0.0284. The van der Waals surface area contributed by atoms with Gasteiger partial charge in [0, 0.05) is 10.7 Å². The van der Waals surface area contributed by atoms with E-state index >= 15 is 0 Å². The zero-order valence-corrected chi connectivity index (χ0v) is 9.06. The summed E-state index contributed by atoms with van der Waals surface area (Å²) >= 11 is 0. The molecule has 3 nitrogen and oxygen atoms in total. The number of aryl methyl sites for hydroxylation is 1. The van der Waals surface area contributed by atoms with Crippen molar-refractivity contribution >= 4 is 19.7 Å². The van der Waals surface area contributed by atoms with Crippen LogP contribution in [-0.2, 0) is 15.5 Å². The van der Waals surface area contributed by atoms with Gasteiger partial charge in [-0.1, -0.05) is 12.1 Å². The summed E-state index contributed by atoms with van der Waals surface area (Å²) in [6.45, 7) is 1.77. The van der Waals surface area contributed by atoms with Gasteiger partial charge in [0.2, 0.25) is 0 Å². The maximum Gasteiger partial charge on any atom is 0.261 e. The van der Waals surface area contributed by atoms with Crippen molar-refractivity contribution in [3.63, 3.8) is 0 Å². The van der Waals surface area contributed by atoms with Crippen LogP contribution in [0.25, 0.3) is 0 Å². The Kier molecular flexibility index (Phi) is 3.14. The Balaban J connectivity index is 3.39. The fourth-order valence-electron chi connectivity index (χ4n) is 1.12. The number of halogens is 1. The molecule has 0 amide bonds. The third-order valence-electron chi connectivity index (χ3n) is 1.75. The molecule has 0 aromatic heterocycles. The Morgan fingerprint density at radius 2 is 2.14 bits per heavy atom. The minimum atomic E-state index is -3.76. The second-order valence-corrected chi connectivity index (χ2v) is 5.42. The Bertz CT molecular complexity index is 488. The van der Waals surface area contributed by atoms with E-state index in [4.69, 9.17) is 15.9 Å². The standard InChI is InChI=1S/C9H8ClNO2S/c1-7-2-3-8(4-5-11)9(6-7)14(10,12)13/h2-3,6H,4H2,1H3. The van der Waals surface area contributed by atoms with E-state index in [0.29, 0.717) is 5.56 Å². The maximum atomic E-state index is 11.1. The molecule has 1 aromatic rings. The van der Waals surface area contributed by atoms with Gasteiger partial charge in [0.25, 0.3) is 9.05 Å². The van der Waals surface area contributed by atoms with E-state index < -0.39 is 9.05 Å². The molecule has 1 aromatic carbocycles. The normalized spacial score (nSPS) is 10.9. The number of hydrogen-bond donors (Lipinski definition) is 0. The van der Waals surface area contributed by atoms with Crippen LogP contribution in [-0.4, -0.2) is 8.42 Å². The summed E-state index contributed by atoms with van der Waals surface area (Å²) in [6, 6.07) is 6.71. The summed E-state index contributed by atoms with van der Waals surface area (Å²) in [6.07, 6.45) is 0.0432. The lowest BCUT2D eigenvalue weighted by molar-refractivity contribution is 0.608. The SMILES string of the molecule is Cc1ccc(CC#N)c(S(=O)(=O)Cl)c1. The predicted molar refractivity (Wildman–Crippen MR) is 53.5 cm³/mol. The average molecular weight is 230 g/mol. The van der Waals surface area contributed by atoms with Crippen LogP contribution in [0, 0.1) is 18.3 Å². The first-order valence-electron chi connectivity index (χ1n) is 3.86. The fraction of sp³-hybridized carbons (Fsp3) is 0.222. The van der Waals surface area contributed by atoms with Crippen LogP contribution in [0.4, 0.5) is 0 Å². The van der Waals surface area contributed by atoms with Gasteiger partial charge in [0.05, 0.1) is 17.4 Å². The Morgan fingerprint density at radius 3 is 2.64 bits per heavy atom. The summed E-state index contributed by atoms with van der Waals surface area (Å²) in [5, 5.41) is 8.49. The Morgan fingerprint density at radius 1 is 1.50 bits per heavy atom. The molecule has 0 heterocycles. The number of nitrogens with zero attached hydrogens (tertiary/aromatic N) is 1. The molecule has 0 aliphatic rings. The van der Waals surface area contributed by atoms with Crippen molar-refractivity contribution in [3.05, 3.63) is 29.3 Å². The van der Waals surface area contributed by atoms with Crippen molar-refractivity contribution in [2.24, 2.45) is 0 Å². The van der Waals surface area contributed by atoms with Crippen molar-refractivity contribution in [2.45, 2.75) is 18.2 Å². The van der Waals surface area contributed by atoms with Crippen LogP contribution in [0.3, 0.4) is 0 Å². The van der Waals surface area contributed by atoms with E-state index in [2.05, 4.69) is 0 Å². The van der Waals surface area contributed by atoms with Gasteiger partial charge < -0.3 is 0 Å². The molecule has 14 heavy (non-hydrogen) atoms. The lowest BCUT2D eigenvalue weighted by Crippen LogP contribution is -1.98. The maximum absolute atomic E-state index is 11.1. The van der Waals surface area contributed by atoms with Crippen molar-refractivity contribution in [1.29, 1.82) is 5.26 Å². The molecule has 0 N–H and O–H groups in total. The van der Waals surface area contributed by atoms with Crippen molar-refractivity contribution < 1.29 is 8.42 Å². The van der Waals surface area contributed by atoms with Crippen LogP contribution in [0.2, 0.25) is 0 Å². The van der Waals surface area contributed by atoms with Crippen LogP contribution < -0.4 is 0 Å². The van der Waals surface area contributed by atoms with E-state index in [1.807, 2.05) is 6.07 Å². The lowest BCUT2D eigenvalue weighted by Gasteiger charge is -2.03. The monoisotopic (exact) mass is 229 g/mol. The van der Waals surface area contributed by atoms with Crippen LogP contribution in [0.1, 0.15) is 11.1 Å². The molecule has 0 saturated heterocycles. The summed E-state index contributed by atoms with van der Waals surface area (Å²) < 4.78 is 22.3. The Labute approximate surface area is 87.4 Å².